The number of carbonyl (C=O) groups excluding carboxylic acids is 1. The molecule has 0 aromatic heterocycles. The van der Waals surface area contributed by atoms with E-state index < -0.39 is 18.2 Å². The average molecular weight is 162 g/mol. The summed E-state index contributed by atoms with van der Waals surface area (Å²) in [6, 6.07) is 0. The van der Waals surface area contributed by atoms with Crippen LogP contribution in [0.15, 0.2) is 0 Å². The number of carboxylic acid groups (broad SMARTS) is 1. The molecule has 0 rings (SSSR count). The lowest BCUT2D eigenvalue weighted by atomic mass is 10.0. The first-order valence-electron chi connectivity index (χ1n) is 3.08. The Hall–Kier alpha value is -1.10. The second kappa shape index (κ2) is 3.92. The summed E-state index contributed by atoms with van der Waals surface area (Å²) in [6.45, 7) is 1.08. The van der Waals surface area contributed by atoms with Crippen LogP contribution in [0.5, 0.6) is 0 Å². The molecule has 0 saturated carbocycles. The van der Waals surface area contributed by atoms with Crippen LogP contribution in [0, 0.1) is 0 Å². The molecule has 11 heavy (non-hydrogen) atoms. The van der Waals surface area contributed by atoms with Gasteiger partial charge in [-0.05, 0) is 6.42 Å². The molecule has 0 aliphatic carbocycles. The molecule has 0 spiro atoms. The number of rotatable bonds is 5. The third-order valence-corrected chi connectivity index (χ3v) is 1.37. The second-order valence-electron chi connectivity index (χ2n) is 2.10. The molecule has 0 fully saturated rings. The van der Waals surface area contributed by atoms with E-state index in [4.69, 9.17) is 10.2 Å². The van der Waals surface area contributed by atoms with E-state index in [0.29, 0.717) is 0 Å². The summed E-state index contributed by atoms with van der Waals surface area (Å²) in [5.74, 6) is -1.39. The van der Waals surface area contributed by atoms with Gasteiger partial charge in [0.25, 0.3) is 6.47 Å². The maximum atomic E-state index is 10.3. The zero-order chi connectivity index (χ0) is 8.91. The number of carbonyl (C=O) groups is 2. The first-order valence-corrected chi connectivity index (χ1v) is 3.08. The lowest BCUT2D eigenvalue weighted by Crippen LogP contribution is -2.42. The van der Waals surface area contributed by atoms with Crippen LogP contribution in [0.1, 0.15) is 13.3 Å². The SMILES string of the molecule is CCC(O)(COC=O)C(=O)O. The van der Waals surface area contributed by atoms with Crippen LogP contribution < -0.4 is 0 Å². The van der Waals surface area contributed by atoms with E-state index in [1.54, 1.807) is 0 Å². The van der Waals surface area contributed by atoms with Crippen LogP contribution in [0.25, 0.3) is 0 Å². The van der Waals surface area contributed by atoms with Crippen molar-refractivity contribution in [1.29, 1.82) is 0 Å². The van der Waals surface area contributed by atoms with Crippen molar-refractivity contribution in [2.45, 2.75) is 18.9 Å². The van der Waals surface area contributed by atoms with Crippen molar-refractivity contribution in [3.63, 3.8) is 0 Å². The second-order valence-corrected chi connectivity index (χ2v) is 2.10. The molecule has 2 N–H and O–H groups in total. The molecular formula is C6H10O5. The summed E-state index contributed by atoms with van der Waals surface area (Å²) >= 11 is 0. The first-order chi connectivity index (χ1) is 5.06. The van der Waals surface area contributed by atoms with E-state index in [0.717, 1.165) is 0 Å². The molecule has 5 nitrogen and oxygen atoms in total. The van der Waals surface area contributed by atoms with Crippen molar-refractivity contribution < 1.29 is 24.5 Å². The maximum absolute atomic E-state index is 10.3. The lowest BCUT2D eigenvalue weighted by Gasteiger charge is -2.19. The highest BCUT2D eigenvalue weighted by molar-refractivity contribution is 5.77. The molecule has 0 heterocycles. The standard InChI is InChI=1S/C6H10O5/c1-2-6(10,5(8)9)3-11-4-7/h4,10H,2-3H2,1H3,(H,8,9). The topological polar surface area (TPSA) is 83.8 Å². The van der Waals surface area contributed by atoms with Crippen molar-refractivity contribution in [2.75, 3.05) is 6.61 Å². The van der Waals surface area contributed by atoms with Gasteiger partial charge in [0.15, 0.2) is 5.60 Å². The fourth-order valence-electron chi connectivity index (χ4n) is 0.487. The van der Waals surface area contributed by atoms with E-state index in [1.165, 1.54) is 6.92 Å². The van der Waals surface area contributed by atoms with Crippen molar-refractivity contribution in [2.24, 2.45) is 0 Å². The predicted octanol–water partition coefficient (Wildman–Crippen LogP) is -0.615. The Labute approximate surface area is 63.6 Å². The van der Waals surface area contributed by atoms with Gasteiger partial charge in [0.2, 0.25) is 0 Å². The average Bonchev–Trinajstić information content (AvgIpc) is 2.00. The molecule has 64 valence electrons. The fraction of sp³-hybridized carbons (Fsp3) is 0.667. The molecule has 0 amide bonds. The van der Waals surface area contributed by atoms with E-state index in [9.17, 15) is 9.59 Å². The maximum Gasteiger partial charge on any atom is 0.339 e. The van der Waals surface area contributed by atoms with Crippen LogP contribution in [-0.4, -0.2) is 34.9 Å². The van der Waals surface area contributed by atoms with E-state index in [-0.39, 0.29) is 12.9 Å². The van der Waals surface area contributed by atoms with Gasteiger partial charge < -0.3 is 14.9 Å². The Kier molecular flexibility index (Phi) is 3.53. The largest absolute Gasteiger partial charge is 0.479 e. The Morgan fingerprint density at radius 3 is 2.55 bits per heavy atom. The fourth-order valence-corrected chi connectivity index (χ4v) is 0.487. The van der Waals surface area contributed by atoms with Crippen LogP contribution >= 0.6 is 0 Å². The van der Waals surface area contributed by atoms with Crippen molar-refractivity contribution in [3.05, 3.63) is 0 Å². The Morgan fingerprint density at radius 1 is 1.73 bits per heavy atom. The quantitative estimate of drug-likeness (QED) is 0.526. The number of aliphatic hydroxyl groups is 1. The molecular weight excluding hydrogens is 152 g/mol. The highest BCUT2D eigenvalue weighted by atomic mass is 16.5. The predicted molar refractivity (Wildman–Crippen MR) is 34.9 cm³/mol. The zero-order valence-corrected chi connectivity index (χ0v) is 6.11. The van der Waals surface area contributed by atoms with Gasteiger partial charge in [0.1, 0.15) is 6.61 Å². The zero-order valence-electron chi connectivity index (χ0n) is 6.11. The summed E-state index contributed by atoms with van der Waals surface area (Å²) < 4.78 is 4.14. The van der Waals surface area contributed by atoms with Gasteiger partial charge in [0.05, 0.1) is 0 Å². The van der Waals surface area contributed by atoms with E-state index in [2.05, 4.69) is 4.74 Å². The number of aliphatic carboxylic acids is 1. The summed E-state index contributed by atoms with van der Waals surface area (Å²) in [4.78, 5) is 20.0. The molecule has 0 radical (unpaired) electrons. The minimum Gasteiger partial charge on any atom is -0.479 e. The third-order valence-electron chi connectivity index (χ3n) is 1.37. The van der Waals surface area contributed by atoms with Crippen LogP contribution in [0.3, 0.4) is 0 Å². The monoisotopic (exact) mass is 162 g/mol. The van der Waals surface area contributed by atoms with E-state index in [1.807, 2.05) is 0 Å². The van der Waals surface area contributed by atoms with Crippen molar-refractivity contribution in [3.8, 4) is 0 Å². The van der Waals surface area contributed by atoms with E-state index >= 15 is 0 Å². The Balaban J connectivity index is 4.09. The highest BCUT2D eigenvalue weighted by Crippen LogP contribution is 2.09. The first kappa shape index (κ1) is 9.90. The van der Waals surface area contributed by atoms with Gasteiger partial charge in [-0.1, -0.05) is 6.92 Å². The lowest BCUT2D eigenvalue weighted by molar-refractivity contribution is -0.166. The van der Waals surface area contributed by atoms with Crippen molar-refractivity contribution >= 4 is 12.4 Å². The normalized spacial score (nSPS) is 15.1. The van der Waals surface area contributed by atoms with Gasteiger partial charge in [-0.3, -0.25) is 4.79 Å². The number of carboxylic acids is 1. The van der Waals surface area contributed by atoms with Crippen LogP contribution in [0.4, 0.5) is 0 Å². The van der Waals surface area contributed by atoms with Crippen LogP contribution in [0.2, 0.25) is 0 Å². The minimum atomic E-state index is -1.94. The summed E-state index contributed by atoms with van der Waals surface area (Å²) in [6.07, 6.45) is -0.00380. The van der Waals surface area contributed by atoms with Crippen molar-refractivity contribution in [1.82, 2.24) is 0 Å². The molecule has 0 aliphatic heterocycles. The molecule has 0 bridgehead atoms. The summed E-state index contributed by atoms with van der Waals surface area (Å²) in [7, 11) is 0. The van der Waals surface area contributed by atoms with Gasteiger partial charge in [-0.15, -0.1) is 0 Å². The number of hydrogen-bond acceptors (Lipinski definition) is 4. The number of ether oxygens (including phenoxy) is 1. The summed E-state index contributed by atoms with van der Waals surface area (Å²) in [5.41, 5.74) is -1.94. The molecule has 1 atom stereocenters. The number of hydrogen-bond donors (Lipinski definition) is 2. The molecule has 0 aromatic rings. The molecule has 0 saturated heterocycles. The third kappa shape index (κ3) is 2.55. The molecule has 1 unspecified atom stereocenters. The molecule has 0 aliphatic rings. The highest BCUT2D eigenvalue weighted by Gasteiger charge is 2.34. The Bertz CT molecular complexity index is 155. The van der Waals surface area contributed by atoms with Gasteiger partial charge >= 0.3 is 5.97 Å². The van der Waals surface area contributed by atoms with Gasteiger partial charge in [-0.2, -0.15) is 0 Å². The molecule has 5 heteroatoms. The van der Waals surface area contributed by atoms with Gasteiger partial charge in [0, 0.05) is 0 Å². The van der Waals surface area contributed by atoms with Crippen LogP contribution in [-0.2, 0) is 14.3 Å². The molecule has 0 aromatic carbocycles. The minimum absolute atomic E-state index is 0.00380. The Morgan fingerprint density at radius 2 is 2.27 bits per heavy atom. The smallest absolute Gasteiger partial charge is 0.339 e. The summed E-state index contributed by atoms with van der Waals surface area (Å²) in [5, 5.41) is 17.6. The van der Waals surface area contributed by atoms with Gasteiger partial charge in [-0.25, -0.2) is 4.79 Å².